The Morgan fingerprint density at radius 3 is 2.71 bits per heavy atom. The molecule has 0 aliphatic carbocycles. The zero-order chi connectivity index (χ0) is 14.9. The normalized spacial score (nSPS) is 15.4. The van der Waals surface area contributed by atoms with E-state index >= 15 is 0 Å². The van der Waals surface area contributed by atoms with Gasteiger partial charge in [0.15, 0.2) is 0 Å². The van der Waals surface area contributed by atoms with E-state index in [9.17, 15) is 12.8 Å². The third-order valence-electron chi connectivity index (χ3n) is 3.28. The van der Waals surface area contributed by atoms with E-state index in [4.69, 9.17) is 0 Å². The summed E-state index contributed by atoms with van der Waals surface area (Å²) in [5.41, 5.74) is 0.671. The number of thioether (sulfide) groups is 1. The van der Waals surface area contributed by atoms with Crippen molar-refractivity contribution in [2.24, 2.45) is 0 Å². The summed E-state index contributed by atoms with van der Waals surface area (Å²) in [5.74, 6) is 0.320. The van der Waals surface area contributed by atoms with E-state index in [1.165, 1.54) is 22.5 Å². The van der Waals surface area contributed by atoms with Crippen molar-refractivity contribution in [3.05, 3.63) is 54.3 Å². The summed E-state index contributed by atoms with van der Waals surface area (Å²) in [6, 6.07) is 12.6. The van der Waals surface area contributed by atoms with Crippen LogP contribution in [-0.2, 0) is 10.0 Å². The van der Waals surface area contributed by atoms with Crippen molar-refractivity contribution in [3.8, 4) is 0 Å². The second kappa shape index (κ2) is 5.69. The molecule has 2 aromatic rings. The number of nitrogens with zero attached hydrogens (tertiary/aromatic N) is 1. The summed E-state index contributed by atoms with van der Waals surface area (Å²) in [4.78, 5) is 0.930. The largest absolute Gasteiger partial charge is 0.265 e. The van der Waals surface area contributed by atoms with Crippen LogP contribution >= 0.6 is 11.8 Å². The van der Waals surface area contributed by atoms with Crippen LogP contribution in [0.15, 0.2) is 58.3 Å². The zero-order valence-electron chi connectivity index (χ0n) is 11.2. The predicted molar refractivity (Wildman–Crippen MR) is 82.7 cm³/mol. The number of hydrogen-bond donors (Lipinski definition) is 0. The van der Waals surface area contributed by atoms with Crippen molar-refractivity contribution in [1.82, 2.24) is 0 Å². The zero-order valence-corrected chi connectivity index (χ0v) is 12.8. The monoisotopic (exact) mass is 323 g/mol. The topological polar surface area (TPSA) is 37.4 Å². The summed E-state index contributed by atoms with van der Waals surface area (Å²) in [6.45, 7) is 0.406. The molecule has 0 bridgehead atoms. The number of para-hydroxylation sites is 1. The Bertz CT molecular complexity index is 762. The number of fused-ring (bicyclic) bond motifs is 1. The van der Waals surface area contributed by atoms with E-state index in [1.807, 2.05) is 18.2 Å². The number of rotatable bonds is 2. The van der Waals surface area contributed by atoms with Gasteiger partial charge in [0.25, 0.3) is 10.0 Å². The first kappa shape index (κ1) is 14.4. The highest BCUT2D eigenvalue weighted by molar-refractivity contribution is 7.99. The SMILES string of the molecule is O=S(=O)(c1cccc(F)c1)N1CCCSc2ccccc21. The second-order valence-electron chi connectivity index (χ2n) is 4.70. The Balaban J connectivity index is 2.11. The van der Waals surface area contributed by atoms with Gasteiger partial charge in [0.1, 0.15) is 5.82 Å². The van der Waals surface area contributed by atoms with Gasteiger partial charge >= 0.3 is 0 Å². The van der Waals surface area contributed by atoms with Crippen LogP contribution in [0.1, 0.15) is 6.42 Å². The van der Waals surface area contributed by atoms with Gasteiger partial charge in [-0.1, -0.05) is 18.2 Å². The quantitative estimate of drug-likeness (QED) is 0.848. The number of sulfonamides is 1. The van der Waals surface area contributed by atoms with Crippen molar-refractivity contribution in [2.75, 3.05) is 16.6 Å². The van der Waals surface area contributed by atoms with Gasteiger partial charge in [-0.25, -0.2) is 12.8 Å². The van der Waals surface area contributed by atoms with Gasteiger partial charge in [-0.2, -0.15) is 0 Å². The van der Waals surface area contributed by atoms with Gasteiger partial charge < -0.3 is 0 Å². The lowest BCUT2D eigenvalue weighted by Gasteiger charge is -2.24. The number of anilines is 1. The van der Waals surface area contributed by atoms with Crippen LogP contribution in [0.25, 0.3) is 0 Å². The lowest BCUT2D eigenvalue weighted by molar-refractivity contribution is 0.585. The molecule has 0 unspecified atom stereocenters. The molecule has 0 radical (unpaired) electrons. The highest BCUT2D eigenvalue weighted by atomic mass is 32.2. The Kier molecular flexibility index (Phi) is 3.91. The summed E-state index contributed by atoms with van der Waals surface area (Å²) in [6.07, 6.45) is 0.758. The van der Waals surface area contributed by atoms with Crippen LogP contribution in [0.3, 0.4) is 0 Å². The highest BCUT2D eigenvalue weighted by Gasteiger charge is 2.28. The lowest BCUT2D eigenvalue weighted by Crippen LogP contribution is -2.32. The van der Waals surface area contributed by atoms with Crippen molar-refractivity contribution in [3.63, 3.8) is 0 Å². The third-order valence-corrected chi connectivity index (χ3v) is 6.24. The second-order valence-corrected chi connectivity index (χ2v) is 7.70. The van der Waals surface area contributed by atoms with E-state index in [0.717, 1.165) is 23.1 Å². The van der Waals surface area contributed by atoms with E-state index in [0.29, 0.717) is 12.2 Å². The van der Waals surface area contributed by atoms with E-state index < -0.39 is 15.8 Å². The maximum atomic E-state index is 13.4. The maximum Gasteiger partial charge on any atom is 0.264 e. The number of benzene rings is 2. The molecule has 1 aliphatic heterocycles. The van der Waals surface area contributed by atoms with E-state index in [1.54, 1.807) is 17.8 Å². The smallest absolute Gasteiger partial charge is 0.264 e. The fraction of sp³-hybridized carbons (Fsp3) is 0.200. The molecule has 3 rings (SSSR count). The number of halogens is 1. The lowest BCUT2D eigenvalue weighted by atomic mass is 10.3. The summed E-state index contributed by atoms with van der Waals surface area (Å²) in [5, 5.41) is 0. The average Bonchev–Trinajstić information content (AvgIpc) is 2.70. The maximum absolute atomic E-state index is 13.4. The summed E-state index contributed by atoms with van der Waals surface area (Å²) in [7, 11) is -3.74. The molecular weight excluding hydrogens is 309 g/mol. The molecule has 0 spiro atoms. The molecule has 0 saturated carbocycles. The van der Waals surface area contributed by atoms with Crippen LogP contribution < -0.4 is 4.31 Å². The molecule has 0 amide bonds. The Hall–Kier alpha value is -1.53. The molecule has 1 heterocycles. The van der Waals surface area contributed by atoms with Gasteiger partial charge in [0.2, 0.25) is 0 Å². The van der Waals surface area contributed by atoms with Crippen molar-refractivity contribution >= 4 is 27.5 Å². The van der Waals surface area contributed by atoms with E-state index in [2.05, 4.69) is 0 Å². The predicted octanol–water partition coefficient (Wildman–Crippen LogP) is 3.52. The molecule has 3 nitrogen and oxygen atoms in total. The van der Waals surface area contributed by atoms with Gasteiger partial charge in [0, 0.05) is 11.4 Å². The van der Waals surface area contributed by atoms with Crippen LogP contribution in [0.4, 0.5) is 10.1 Å². The van der Waals surface area contributed by atoms with Gasteiger partial charge in [-0.3, -0.25) is 4.31 Å². The molecule has 1 aliphatic rings. The molecule has 0 N–H and O–H groups in total. The first-order valence-electron chi connectivity index (χ1n) is 6.59. The molecule has 0 fully saturated rings. The third kappa shape index (κ3) is 2.78. The summed E-state index contributed by atoms with van der Waals surface area (Å²) < 4.78 is 40.3. The van der Waals surface area contributed by atoms with Crippen LogP contribution in [0.5, 0.6) is 0 Å². The first-order valence-corrected chi connectivity index (χ1v) is 9.02. The van der Waals surface area contributed by atoms with Gasteiger partial charge in [-0.15, -0.1) is 11.8 Å². The van der Waals surface area contributed by atoms with Crippen molar-refractivity contribution < 1.29 is 12.8 Å². The molecular formula is C15H14FNO2S2. The van der Waals surface area contributed by atoms with Crippen molar-refractivity contribution in [2.45, 2.75) is 16.2 Å². The molecule has 0 aromatic heterocycles. The Morgan fingerprint density at radius 2 is 1.90 bits per heavy atom. The average molecular weight is 323 g/mol. The van der Waals surface area contributed by atoms with Crippen molar-refractivity contribution in [1.29, 1.82) is 0 Å². The minimum Gasteiger partial charge on any atom is -0.265 e. The van der Waals surface area contributed by atoms with Gasteiger partial charge in [-0.05, 0) is 42.5 Å². The van der Waals surface area contributed by atoms with E-state index in [-0.39, 0.29) is 4.90 Å². The minimum absolute atomic E-state index is 0.01000. The number of hydrogen-bond acceptors (Lipinski definition) is 3. The van der Waals surface area contributed by atoms with Crippen LogP contribution in [-0.4, -0.2) is 20.7 Å². The molecule has 21 heavy (non-hydrogen) atoms. The standard InChI is InChI=1S/C15H14FNO2S2/c16-12-5-3-6-13(11-12)21(18,19)17-9-4-10-20-15-8-2-1-7-14(15)17/h1-3,5-8,11H,4,9-10H2. The summed E-state index contributed by atoms with van der Waals surface area (Å²) >= 11 is 1.65. The molecule has 110 valence electrons. The minimum atomic E-state index is -3.74. The Labute approximate surface area is 127 Å². The molecule has 6 heteroatoms. The fourth-order valence-corrected chi connectivity index (χ4v) is 4.91. The highest BCUT2D eigenvalue weighted by Crippen LogP contribution is 2.36. The Morgan fingerprint density at radius 1 is 1.10 bits per heavy atom. The molecule has 0 saturated heterocycles. The van der Waals surface area contributed by atoms with Crippen LogP contribution in [0, 0.1) is 5.82 Å². The molecule has 0 atom stereocenters. The first-order chi connectivity index (χ1) is 10.1. The van der Waals surface area contributed by atoms with Gasteiger partial charge in [0.05, 0.1) is 10.6 Å². The fourth-order valence-electron chi connectivity index (χ4n) is 2.30. The van der Waals surface area contributed by atoms with Crippen LogP contribution in [0.2, 0.25) is 0 Å². The molecule has 2 aromatic carbocycles.